The molecule has 1 saturated carbocycles. The van der Waals surface area contributed by atoms with E-state index in [2.05, 4.69) is 10.3 Å². The molecule has 0 radical (unpaired) electrons. The van der Waals surface area contributed by atoms with Crippen molar-refractivity contribution in [3.05, 3.63) is 35.5 Å². The molecule has 2 aromatic rings. The number of benzene rings is 1. The molecule has 0 spiro atoms. The largest absolute Gasteiger partial charge is 0.396 e. The summed E-state index contributed by atoms with van der Waals surface area (Å²) >= 11 is 6.00. The van der Waals surface area contributed by atoms with Crippen LogP contribution in [0.5, 0.6) is 0 Å². The highest BCUT2D eigenvalue weighted by Gasteiger charge is 2.32. The highest BCUT2D eigenvalue weighted by molar-refractivity contribution is 6.31. The molecular formula is C16H19ClN2O. The van der Waals surface area contributed by atoms with Gasteiger partial charge in [-0.2, -0.15) is 0 Å². The number of rotatable bonds is 4. The van der Waals surface area contributed by atoms with Crippen molar-refractivity contribution in [1.82, 2.24) is 4.98 Å². The molecule has 4 heteroatoms. The Morgan fingerprint density at radius 3 is 2.80 bits per heavy atom. The Morgan fingerprint density at radius 1 is 1.25 bits per heavy atom. The lowest BCUT2D eigenvalue weighted by Crippen LogP contribution is -2.30. The lowest BCUT2D eigenvalue weighted by Gasteiger charge is -2.27. The van der Waals surface area contributed by atoms with E-state index >= 15 is 0 Å². The minimum Gasteiger partial charge on any atom is -0.396 e. The van der Waals surface area contributed by atoms with Crippen LogP contribution in [0.2, 0.25) is 5.02 Å². The summed E-state index contributed by atoms with van der Waals surface area (Å²) in [4.78, 5) is 4.35. The average Bonchev–Trinajstić information content (AvgIpc) is 2.94. The monoisotopic (exact) mass is 290 g/mol. The van der Waals surface area contributed by atoms with Gasteiger partial charge in [0.05, 0.1) is 12.1 Å². The van der Waals surface area contributed by atoms with E-state index in [0.29, 0.717) is 5.02 Å². The number of pyridine rings is 1. The molecular weight excluding hydrogens is 272 g/mol. The summed E-state index contributed by atoms with van der Waals surface area (Å²) in [6.07, 6.45) is 6.43. The van der Waals surface area contributed by atoms with Gasteiger partial charge in [-0.05, 0) is 37.1 Å². The fourth-order valence-electron chi connectivity index (χ4n) is 3.07. The molecule has 1 aliphatic carbocycles. The van der Waals surface area contributed by atoms with E-state index in [4.69, 9.17) is 11.6 Å². The molecule has 3 rings (SSSR count). The van der Waals surface area contributed by atoms with Gasteiger partial charge in [-0.1, -0.05) is 24.4 Å². The first-order valence-electron chi connectivity index (χ1n) is 7.11. The number of fused-ring (bicyclic) bond motifs is 1. The second-order valence-corrected chi connectivity index (χ2v) is 6.18. The number of aliphatic hydroxyl groups excluding tert-OH is 1. The molecule has 1 aromatic carbocycles. The zero-order chi connectivity index (χ0) is 14.0. The Bertz CT molecular complexity index is 608. The fourth-order valence-corrected chi connectivity index (χ4v) is 3.24. The van der Waals surface area contributed by atoms with Gasteiger partial charge in [0.15, 0.2) is 0 Å². The Balaban J connectivity index is 1.84. The number of nitrogens with one attached hydrogen (secondary N) is 1. The van der Waals surface area contributed by atoms with Crippen LogP contribution in [-0.4, -0.2) is 23.2 Å². The Labute approximate surface area is 124 Å². The van der Waals surface area contributed by atoms with Gasteiger partial charge in [-0.3, -0.25) is 4.98 Å². The summed E-state index contributed by atoms with van der Waals surface area (Å²) in [6.45, 7) is 1.07. The first kappa shape index (κ1) is 13.7. The van der Waals surface area contributed by atoms with Gasteiger partial charge < -0.3 is 10.4 Å². The van der Waals surface area contributed by atoms with Gasteiger partial charge in [0, 0.05) is 34.3 Å². The maximum absolute atomic E-state index is 9.67. The molecule has 1 heterocycles. The van der Waals surface area contributed by atoms with E-state index < -0.39 is 0 Å². The SMILES string of the molecule is OCC1(CNc2ccnc3cc(Cl)ccc23)CCCC1. The van der Waals surface area contributed by atoms with Gasteiger partial charge in [-0.25, -0.2) is 0 Å². The average molecular weight is 291 g/mol. The van der Waals surface area contributed by atoms with Crippen molar-refractivity contribution < 1.29 is 5.11 Å². The summed E-state index contributed by atoms with van der Waals surface area (Å²) < 4.78 is 0. The van der Waals surface area contributed by atoms with Crippen LogP contribution >= 0.6 is 11.6 Å². The van der Waals surface area contributed by atoms with Crippen LogP contribution in [0.4, 0.5) is 5.69 Å². The number of hydrogen-bond donors (Lipinski definition) is 2. The standard InChI is InChI=1S/C16H19ClN2O/c17-12-3-4-13-14(5-8-18-15(13)9-12)19-10-16(11-20)6-1-2-7-16/h3-5,8-9,20H,1-2,6-7,10-11H2,(H,18,19). The first-order valence-corrected chi connectivity index (χ1v) is 7.49. The van der Waals surface area contributed by atoms with E-state index in [1.807, 2.05) is 24.3 Å². The van der Waals surface area contributed by atoms with Gasteiger partial charge in [0.25, 0.3) is 0 Å². The number of nitrogens with zero attached hydrogens (tertiary/aromatic N) is 1. The molecule has 106 valence electrons. The van der Waals surface area contributed by atoms with E-state index in [-0.39, 0.29) is 12.0 Å². The quantitative estimate of drug-likeness (QED) is 0.899. The van der Waals surface area contributed by atoms with Gasteiger partial charge in [0.2, 0.25) is 0 Å². The van der Waals surface area contributed by atoms with Gasteiger partial charge in [0.1, 0.15) is 0 Å². The molecule has 1 aliphatic rings. The number of anilines is 1. The van der Waals surface area contributed by atoms with Crippen molar-refractivity contribution in [1.29, 1.82) is 0 Å². The number of halogens is 1. The molecule has 20 heavy (non-hydrogen) atoms. The normalized spacial score (nSPS) is 17.5. The highest BCUT2D eigenvalue weighted by atomic mass is 35.5. The molecule has 0 saturated heterocycles. The second kappa shape index (κ2) is 5.58. The molecule has 0 bridgehead atoms. The number of aliphatic hydroxyl groups is 1. The summed E-state index contributed by atoms with van der Waals surface area (Å²) in [6, 6.07) is 7.73. The molecule has 0 atom stereocenters. The maximum Gasteiger partial charge on any atom is 0.0737 e. The molecule has 2 N–H and O–H groups in total. The molecule has 3 nitrogen and oxygen atoms in total. The van der Waals surface area contributed by atoms with Crippen molar-refractivity contribution >= 4 is 28.2 Å². The maximum atomic E-state index is 9.67. The van der Waals surface area contributed by atoms with Crippen LogP contribution in [-0.2, 0) is 0 Å². The van der Waals surface area contributed by atoms with Crippen LogP contribution < -0.4 is 5.32 Å². The zero-order valence-corrected chi connectivity index (χ0v) is 12.2. The van der Waals surface area contributed by atoms with E-state index in [1.54, 1.807) is 6.20 Å². The van der Waals surface area contributed by atoms with E-state index in [1.165, 1.54) is 12.8 Å². The third-order valence-corrected chi connectivity index (χ3v) is 4.59. The lowest BCUT2D eigenvalue weighted by atomic mass is 9.87. The summed E-state index contributed by atoms with van der Waals surface area (Å²) in [5.74, 6) is 0. The highest BCUT2D eigenvalue weighted by Crippen LogP contribution is 2.38. The predicted octanol–water partition coefficient (Wildman–Crippen LogP) is 3.85. The van der Waals surface area contributed by atoms with E-state index in [0.717, 1.165) is 36.0 Å². The number of hydrogen-bond acceptors (Lipinski definition) is 3. The fraction of sp³-hybridized carbons (Fsp3) is 0.438. The van der Waals surface area contributed by atoms with Crippen molar-refractivity contribution in [2.45, 2.75) is 25.7 Å². The smallest absolute Gasteiger partial charge is 0.0737 e. The zero-order valence-electron chi connectivity index (χ0n) is 11.4. The van der Waals surface area contributed by atoms with Crippen molar-refractivity contribution in [2.75, 3.05) is 18.5 Å². The van der Waals surface area contributed by atoms with E-state index in [9.17, 15) is 5.11 Å². The number of aromatic nitrogens is 1. The van der Waals surface area contributed by atoms with Crippen molar-refractivity contribution in [3.63, 3.8) is 0 Å². The third kappa shape index (κ3) is 2.60. The Kier molecular flexibility index (Phi) is 3.81. The summed E-state index contributed by atoms with van der Waals surface area (Å²) in [5, 5.41) is 14.9. The summed E-state index contributed by atoms with van der Waals surface area (Å²) in [5.41, 5.74) is 2.00. The van der Waals surface area contributed by atoms with Gasteiger partial charge in [-0.15, -0.1) is 0 Å². The minimum atomic E-state index is 0.0437. The first-order chi connectivity index (χ1) is 9.72. The van der Waals surface area contributed by atoms with Crippen LogP contribution in [0.3, 0.4) is 0 Å². The van der Waals surface area contributed by atoms with Gasteiger partial charge >= 0.3 is 0 Å². The molecule has 1 aromatic heterocycles. The molecule has 0 aliphatic heterocycles. The topological polar surface area (TPSA) is 45.1 Å². The van der Waals surface area contributed by atoms with Crippen LogP contribution in [0, 0.1) is 5.41 Å². The predicted molar refractivity (Wildman–Crippen MR) is 83.2 cm³/mol. The molecule has 0 amide bonds. The Morgan fingerprint density at radius 2 is 2.05 bits per heavy atom. The van der Waals surface area contributed by atoms with Crippen molar-refractivity contribution in [3.8, 4) is 0 Å². The summed E-state index contributed by atoms with van der Waals surface area (Å²) in [7, 11) is 0. The minimum absolute atomic E-state index is 0.0437. The molecule has 1 fully saturated rings. The molecule has 0 unspecified atom stereocenters. The van der Waals surface area contributed by atoms with Crippen molar-refractivity contribution in [2.24, 2.45) is 5.41 Å². The lowest BCUT2D eigenvalue weighted by molar-refractivity contribution is 0.142. The van der Waals surface area contributed by atoms with Crippen LogP contribution in [0.25, 0.3) is 10.9 Å². The Hall–Kier alpha value is -1.32. The second-order valence-electron chi connectivity index (χ2n) is 5.74. The van der Waals surface area contributed by atoms with Crippen LogP contribution in [0.1, 0.15) is 25.7 Å². The van der Waals surface area contributed by atoms with Crippen LogP contribution in [0.15, 0.2) is 30.5 Å². The third-order valence-electron chi connectivity index (χ3n) is 4.36.